The number of hydrogen-bond acceptors (Lipinski definition) is 2. The van der Waals surface area contributed by atoms with E-state index in [9.17, 15) is 4.79 Å². The monoisotopic (exact) mass is 171 g/mol. The van der Waals surface area contributed by atoms with Crippen LogP contribution >= 0.6 is 0 Å². The van der Waals surface area contributed by atoms with Gasteiger partial charge in [-0.05, 0) is 24.8 Å². The summed E-state index contributed by atoms with van der Waals surface area (Å²) in [4.78, 5) is 13.1. The van der Waals surface area contributed by atoms with Crippen molar-refractivity contribution in [1.29, 1.82) is 0 Å². The second kappa shape index (κ2) is 4.62. The van der Waals surface area contributed by atoms with E-state index in [1.165, 1.54) is 0 Å². The molecule has 2 atom stereocenters. The summed E-state index contributed by atoms with van der Waals surface area (Å²) in [5.41, 5.74) is 8.06. The third kappa shape index (κ3) is 2.43. The number of azide groups is 1. The standard InChI is InChI=1S/C6H9N3O2.CH4/c7-9-8-5-2-1-4(3-5)6(10)11;/h4-5H,1-3H2,(H,10,11);1H4/t4?,5-;/m1./s1. The number of carboxylic acids is 1. The highest BCUT2D eigenvalue weighted by atomic mass is 16.4. The zero-order valence-corrected chi connectivity index (χ0v) is 5.97. The first-order valence-electron chi connectivity index (χ1n) is 3.51. The summed E-state index contributed by atoms with van der Waals surface area (Å²) >= 11 is 0. The summed E-state index contributed by atoms with van der Waals surface area (Å²) in [6.45, 7) is 0. The molecular weight excluding hydrogens is 158 g/mol. The van der Waals surface area contributed by atoms with Gasteiger partial charge in [0.15, 0.2) is 0 Å². The Morgan fingerprint density at radius 1 is 1.58 bits per heavy atom. The summed E-state index contributed by atoms with van der Waals surface area (Å²) in [5.74, 6) is -1.08. The average molecular weight is 171 g/mol. The lowest BCUT2D eigenvalue weighted by atomic mass is 10.1. The van der Waals surface area contributed by atoms with E-state index in [1.54, 1.807) is 0 Å². The van der Waals surface area contributed by atoms with Crippen molar-refractivity contribution in [3.8, 4) is 0 Å². The zero-order valence-electron chi connectivity index (χ0n) is 5.97. The van der Waals surface area contributed by atoms with Gasteiger partial charge in [0, 0.05) is 11.0 Å². The summed E-state index contributed by atoms with van der Waals surface area (Å²) in [5, 5.41) is 12.0. The van der Waals surface area contributed by atoms with Crippen LogP contribution in [0.3, 0.4) is 0 Å². The average Bonchev–Trinajstić information content (AvgIpc) is 2.37. The molecule has 0 amide bonds. The van der Waals surface area contributed by atoms with Crippen molar-refractivity contribution in [2.75, 3.05) is 0 Å². The molecule has 0 heterocycles. The molecule has 1 N–H and O–H groups in total. The Morgan fingerprint density at radius 2 is 2.25 bits per heavy atom. The molecule has 0 radical (unpaired) electrons. The van der Waals surface area contributed by atoms with Gasteiger partial charge in [0.2, 0.25) is 0 Å². The third-order valence-corrected chi connectivity index (χ3v) is 1.97. The molecule has 1 aliphatic carbocycles. The van der Waals surface area contributed by atoms with Crippen LogP contribution in [-0.2, 0) is 4.79 Å². The van der Waals surface area contributed by atoms with Crippen LogP contribution in [0.4, 0.5) is 0 Å². The van der Waals surface area contributed by atoms with E-state index in [1.807, 2.05) is 0 Å². The van der Waals surface area contributed by atoms with Crippen LogP contribution in [-0.4, -0.2) is 17.1 Å². The highest BCUT2D eigenvalue weighted by Crippen LogP contribution is 2.27. The van der Waals surface area contributed by atoms with E-state index >= 15 is 0 Å². The fraction of sp³-hybridized carbons (Fsp3) is 0.857. The van der Waals surface area contributed by atoms with E-state index in [4.69, 9.17) is 10.6 Å². The maximum absolute atomic E-state index is 10.4. The van der Waals surface area contributed by atoms with Crippen LogP contribution in [0.15, 0.2) is 5.11 Å². The third-order valence-electron chi connectivity index (χ3n) is 1.97. The molecule has 1 unspecified atom stereocenters. The topological polar surface area (TPSA) is 86.1 Å². The molecule has 0 bridgehead atoms. The molecule has 0 aromatic carbocycles. The molecule has 12 heavy (non-hydrogen) atoms. The Labute approximate surface area is 71.0 Å². The van der Waals surface area contributed by atoms with Gasteiger partial charge in [-0.25, -0.2) is 0 Å². The normalized spacial score (nSPS) is 27.0. The fourth-order valence-corrected chi connectivity index (χ4v) is 1.36. The SMILES string of the molecule is C.[N-]=[N+]=N[C@@H]1CCC(C(=O)O)C1. The highest BCUT2D eigenvalue weighted by molar-refractivity contribution is 5.70. The summed E-state index contributed by atoms with van der Waals surface area (Å²) < 4.78 is 0. The van der Waals surface area contributed by atoms with Gasteiger partial charge in [-0.1, -0.05) is 12.5 Å². The van der Waals surface area contributed by atoms with E-state index in [0.29, 0.717) is 19.3 Å². The van der Waals surface area contributed by atoms with Gasteiger partial charge in [0.25, 0.3) is 0 Å². The summed E-state index contributed by atoms with van der Waals surface area (Å²) in [6, 6.07) is -0.0962. The first-order chi connectivity index (χ1) is 5.24. The molecular formula is C7H13N3O2. The lowest BCUT2D eigenvalue weighted by Gasteiger charge is -1.99. The van der Waals surface area contributed by atoms with Crippen LogP contribution in [0, 0.1) is 5.92 Å². The Morgan fingerprint density at radius 3 is 2.67 bits per heavy atom. The molecule has 0 aromatic rings. The van der Waals surface area contributed by atoms with Crippen molar-refractivity contribution in [3.63, 3.8) is 0 Å². The molecule has 0 aliphatic heterocycles. The van der Waals surface area contributed by atoms with E-state index in [2.05, 4.69) is 10.0 Å². The van der Waals surface area contributed by atoms with Crippen LogP contribution in [0.1, 0.15) is 26.7 Å². The number of carbonyl (C=O) groups is 1. The molecule has 5 heteroatoms. The summed E-state index contributed by atoms with van der Waals surface area (Å²) in [6.07, 6.45) is 1.85. The first-order valence-corrected chi connectivity index (χ1v) is 3.51. The lowest BCUT2D eigenvalue weighted by molar-refractivity contribution is -0.141. The second-order valence-corrected chi connectivity index (χ2v) is 2.71. The number of rotatable bonds is 2. The zero-order chi connectivity index (χ0) is 8.27. The van der Waals surface area contributed by atoms with E-state index in [0.717, 1.165) is 0 Å². The quantitative estimate of drug-likeness (QED) is 0.392. The van der Waals surface area contributed by atoms with Gasteiger partial charge < -0.3 is 5.11 Å². The molecule has 0 saturated heterocycles. The Kier molecular flexibility index (Phi) is 4.15. The lowest BCUT2D eigenvalue weighted by Crippen LogP contribution is -2.09. The van der Waals surface area contributed by atoms with Crippen molar-refractivity contribution >= 4 is 5.97 Å². The van der Waals surface area contributed by atoms with Crippen molar-refractivity contribution in [3.05, 3.63) is 10.4 Å². The molecule has 1 fully saturated rings. The first kappa shape index (κ1) is 10.8. The van der Waals surface area contributed by atoms with Crippen LogP contribution < -0.4 is 0 Å². The van der Waals surface area contributed by atoms with Gasteiger partial charge >= 0.3 is 5.97 Å². The smallest absolute Gasteiger partial charge is 0.306 e. The minimum atomic E-state index is -0.777. The molecule has 1 saturated carbocycles. The van der Waals surface area contributed by atoms with E-state index in [-0.39, 0.29) is 19.4 Å². The van der Waals surface area contributed by atoms with Crippen LogP contribution in [0.2, 0.25) is 0 Å². The van der Waals surface area contributed by atoms with Gasteiger partial charge in [-0.3, -0.25) is 4.79 Å². The van der Waals surface area contributed by atoms with Crippen molar-refractivity contribution in [1.82, 2.24) is 0 Å². The molecule has 1 aliphatic rings. The van der Waals surface area contributed by atoms with E-state index < -0.39 is 5.97 Å². The van der Waals surface area contributed by atoms with Crippen LogP contribution in [0.25, 0.3) is 10.4 Å². The second-order valence-electron chi connectivity index (χ2n) is 2.71. The minimum Gasteiger partial charge on any atom is -0.481 e. The van der Waals surface area contributed by atoms with Gasteiger partial charge in [0.1, 0.15) is 0 Å². The highest BCUT2D eigenvalue weighted by Gasteiger charge is 2.28. The predicted molar refractivity (Wildman–Crippen MR) is 44.6 cm³/mol. The predicted octanol–water partition coefficient (Wildman–Crippen LogP) is 2.19. The number of aliphatic carboxylic acids is 1. The van der Waals surface area contributed by atoms with Gasteiger partial charge in [-0.15, -0.1) is 0 Å². The summed E-state index contributed by atoms with van der Waals surface area (Å²) in [7, 11) is 0. The van der Waals surface area contributed by atoms with Crippen molar-refractivity contribution in [2.45, 2.75) is 32.7 Å². The number of hydrogen-bond donors (Lipinski definition) is 1. The minimum absolute atomic E-state index is 0. The largest absolute Gasteiger partial charge is 0.481 e. The Balaban J connectivity index is 0.00000121. The Bertz CT molecular complexity index is 203. The van der Waals surface area contributed by atoms with Crippen LogP contribution in [0.5, 0.6) is 0 Å². The molecule has 0 spiro atoms. The number of carboxylic acid groups (broad SMARTS) is 1. The molecule has 68 valence electrons. The number of nitrogens with zero attached hydrogens (tertiary/aromatic N) is 3. The molecule has 5 nitrogen and oxygen atoms in total. The Hall–Kier alpha value is -1.22. The maximum atomic E-state index is 10.4. The van der Waals surface area contributed by atoms with Crippen molar-refractivity contribution < 1.29 is 9.90 Å². The fourth-order valence-electron chi connectivity index (χ4n) is 1.36. The van der Waals surface area contributed by atoms with Crippen molar-refractivity contribution in [2.24, 2.45) is 11.0 Å². The molecule has 0 aromatic heterocycles. The maximum Gasteiger partial charge on any atom is 0.306 e. The van der Waals surface area contributed by atoms with Gasteiger partial charge in [0.05, 0.1) is 5.92 Å². The van der Waals surface area contributed by atoms with Gasteiger partial charge in [-0.2, -0.15) is 0 Å². The molecule has 1 rings (SSSR count).